The van der Waals surface area contributed by atoms with E-state index in [2.05, 4.69) is 0 Å². The Kier molecular flexibility index (Phi) is 8.27. The van der Waals surface area contributed by atoms with Crippen molar-refractivity contribution in [3.63, 3.8) is 0 Å². The van der Waals surface area contributed by atoms with E-state index in [0.717, 1.165) is 9.13 Å². The van der Waals surface area contributed by atoms with Gasteiger partial charge in [-0.05, 0) is 48.2 Å². The molecule has 0 aliphatic rings. The summed E-state index contributed by atoms with van der Waals surface area (Å²) in [6.07, 6.45) is 0. The molecule has 0 radical (unpaired) electrons. The molecular weight excluding hydrogens is 602 g/mol. The first-order chi connectivity index (χ1) is 18.8. The number of ether oxygens (including phenoxy) is 1. The highest BCUT2D eigenvalue weighted by atomic mass is 35.5. The second-order valence-electron chi connectivity index (χ2n) is 9.01. The zero-order valence-corrected chi connectivity index (χ0v) is 24.8. The van der Waals surface area contributed by atoms with E-state index in [1.165, 1.54) is 55.5 Å². The highest BCUT2D eigenvalue weighted by Gasteiger charge is 2.33. The molecule has 0 amide bonds. The molecule has 0 bridgehead atoms. The standard InChI is InChI=1S/C26H23Cl2FN4O5S2/c1-30-21(34)18(22(35)31(2)25(30)39)17(19-23(36)32(3)26(40)33(4)24(19)37)13-9-14(27)20(15(28)10-13)38-11-12-7-5-6-8-16(12)29/h5-10,17,34,36H,11H2,1-4H3. The Morgan fingerprint density at radius 1 is 0.850 bits per heavy atom. The van der Waals surface area contributed by atoms with Crippen molar-refractivity contribution in [2.75, 3.05) is 0 Å². The maximum atomic E-state index is 14.1. The number of nitrogens with zero attached hydrogens (tertiary/aromatic N) is 4. The van der Waals surface area contributed by atoms with Gasteiger partial charge in [-0.1, -0.05) is 41.4 Å². The third-order valence-electron chi connectivity index (χ3n) is 6.60. The molecule has 0 aliphatic heterocycles. The van der Waals surface area contributed by atoms with Crippen molar-refractivity contribution in [1.82, 2.24) is 18.3 Å². The molecule has 2 N–H and O–H groups in total. The fourth-order valence-corrected chi connectivity index (χ4v) is 5.30. The third kappa shape index (κ3) is 4.96. The van der Waals surface area contributed by atoms with E-state index in [-0.39, 0.29) is 54.2 Å². The number of benzene rings is 2. The quantitative estimate of drug-likeness (QED) is 0.296. The molecule has 0 fully saturated rings. The van der Waals surface area contributed by atoms with E-state index < -0.39 is 34.6 Å². The molecule has 14 heteroatoms. The molecule has 0 saturated heterocycles. The lowest BCUT2D eigenvalue weighted by molar-refractivity contribution is 0.300. The van der Waals surface area contributed by atoms with E-state index in [9.17, 15) is 24.2 Å². The number of hydrogen-bond acceptors (Lipinski definition) is 7. The molecule has 2 aromatic heterocycles. The molecule has 2 aromatic carbocycles. The van der Waals surface area contributed by atoms with Crippen LogP contribution in [0.1, 0.15) is 28.2 Å². The lowest BCUT2D eigenvalue weighted by Crippen LogP contribution is -2.33. The lowest BCUT2D eigenvalue weighted by Gasteiger charge is -2.24. The summed E-state index contributed by atoms with van der Waals surface area (Å²) in [5.74, 6) is -2.88. The van der Waals surface area contributed by atoms with Gasteiger partial charge in [0.05, 0.1) is 27.1 Å². The van der Waals surface area contributed by atoms with Crippen molar-refractivity contribution in [1.29, 1.82) is 0 Å². The minimum atomic E-state index is -1.38. The van der Waals surface area contributed by atoms with E-state index >= 15 is 0 Å². The summed E-state index contributed by atoms with van der Waals surface area (Å²) in [6, 6.07) is 8.80. The summed E-state index contributed by atoms with van der Waals surface area (Å²) < 4.78 is 24.5. The molecule has 0 unspecified atom stereocenters. The van der Waals surface area contributed by atoms with Gasteiger partial charge >= 0.3 is 0 Å². The molecular formula is C26H23Cl2FN4O5S2. The first-order valence-electron chi connectivity index (χ1n) is 11.6. The summed E-state index contributed by atoms with van der Waals surface area (Å²) in [4.78, 5) is 27.0. The van der Waals surface area contributed by atoms with E-state index in [0.29, 0.717) is 0 Å². The van der Waals surface area contributed by atoms with E-state index in [1.807, 2.05) is 0 Å². The molecule has 0 saturated carbocycles. The van der Waals surface area contributed by atoms with Gasteiger partial charge in [0, 0.05) is 33.8 Å². The van der Waals surface area contributed by atoms with Crippen molar-refractivity contribution >= 4 is 47.6 Å². The van der Waals surface area contributed by atoms with Gasteiger partial charge in [-0.15, -0.1) is 0 Å². The maximum Gasteiger partial charge on any atom is 0.262 e. The van der Waals surface area contributed by atoms with E-state index in [1.54, 1.807) is 18.2 Å². The monoisotopic (exact) mass is 624 g/mol. The van der Waals surface area contributed by atoms with Crippen molar-refractivity contribution in [2.24, 2.45) is 28.2 Å². The lowest BCUT2D eigenvalue weighted by atomic mass is 9.86. The predicted octanol–water partition coefficient (Wildman–Crippen LogP) is 4.84. The van der Waals surface area contributed by atoms with Crippen LogP contribution in [0.15, 0.2) is 46.0 Å². The van der Waals surface area contributed by atoms with Crippen molar-refractivity contribution in [2.45, 2.75) is 12.5 Å². The Morgan fingerprint density at radius 2 is 1.30 bits per heavy atom. The first kappa shape index (κ1) is 29.5. The molecule has 40 heavy (non-hydrogen) atoms. The smallest absolute Gasteiger partial charge is 0.262 e. The predicted molar refractivity (Wildman–Crippen MR) is 154 cm³/mol. The fraction of sp³-hybridized carbons (Fsp3) is 0.231. The highest BCUT2D eigenvalue weighted by molar-refractivity contribution is 7.71. The van der Waals surface area contributed by atoms with Crippen LogP contribution in [0.2, 0.25) is 10.0 Å². The minimum Gasteiger partial charge on any atom is -0.494 e. The van der Waals surface area contributed by atoms with Crippen LogP contribution < -0.4 is 15.9 Å². The SMILES string of the molecule is Cn1c(O)c(C(c2cc(Cl)c(OCc3ccccc3F)c(Cl)c2)c2c(O)n(C)c(=S)n(C)c2=O)c(=O)n(C)c1=S. The number of halogens is 3. The number of rotatable bonds is 6. The van der Waals surface area contributed by atoms with Crippen LogP contribution in [0.3, 0.4) is 0 Å². The average molecular weight is 626 g/mol. The zero-order valence-electron chi connectivity index (χ0n) is 21.6. The fourth-order valence-electron chi connectivity index (χ4n) is 4.35. The molecule has 4 rings (SSSR count). The van der Waals surface area contributed by atoms with Gasteiger partial charge < -0.3 is 14.9 Å². The molecule has 2 heterocycles. The Hall–Kier alpha value is -3.45. The summed E-state index contributed by atoms with van der Waals surface area (Å²) in [5.41, 5.74) is -1.53. The second kappa shape index (κ2) is 11.2. The van der Waals surface area contributed by atoms with Gasteiger partial charge in [-0.25, -0.2) is 4.39 Å². The van der Waals surface area contributed by atoms with Crippen molar-refractivity contribution in [3.8, 4) is 17.5 Å². The number of aromatic nitrogens is 4. The van der Waals surface area contributed by atoms with Crippen LogP contribution in [0.5, 0.6) is 17.5 Å². The third-order valence-corrected chi connectivity index (χ3v) is 8.25. The molecule has 0 aliphatic carbocycles. The molecule has 210 valence electrons. The van der Waals surface area contributed by atoms with Gasteiger partial charge in [0.1, 0.15) is 12.4 Å². The number of aromatic hydroxyl groups is 2. The van der Waals surface area contributed by atoms with Crippen LogP contribution in [-0.2, 0) is 34.8 Å². The van der Waals surface area contributed by atoms with Gasteiger partial charge in [-0.3, -0.25) is 27.9 Å². The summed E-state index contributed by atoms with van der Waals surface area (Å²) in [7, 11) is 5.71. The molecule has 9 nitrogen and oxygen atoms in total. The van der Waals surface area contributed by atoms with Gasteiger partial charge in [0.25, 0.3) is 11.1 Å². The summed E-state index contributed by atoms with van der Waals surface area (Å²) in [5, 5.41) is 22.2. The van der Waals surface area contributed by atoms with Crippen LogP contribution >= 0.6 is 47.6 Å². The van der Waals surface area contributed by atoms with Crippen molar-refractivity contribution in [3.05, 3.63) is 105 Å². The molecule has 4 aromatic rings. The number of hydrogen-bond donors (Lipinski definition) is 2. The maximum absolute atomic E-state index is 14.1. The van der Waals surface area contributed by atoms with E-state index in [4.69, 9.17) is 52.4 Å². The largest absolute Gasteiger partial charge is 0.494 e. The Morgan fingerprint density at radius 3 is 1.75 bits per heavy atom. The van der Waals surface area contributed by atoms with Crippen molar-refractivity contribution < 1.29 is 19.3 Å². The highest BCUT2D eigenvalue weighted by Crippen LogP contribution is 2.42. The summed E-state index contributed by atoms with van der Waals surface area (Å²) >= 11 is 23.6. The van der Waals surface area contributed by atoms with Crippen LogP contribution in [0, 0.1) is 15.4 Å². The average Bonchev–Trinajstić information content (AvgIpc) is 2.92. The van der Waals surface area contributed by atoms with Gasteiger partial charge in [0.2, 0.25) is 11.8 Å². The van der Waals surface area contributed by atoms with Crippen LogP contribution in [0.25, 0.3) is 0 Å². The van der Waals surface area contributed by atoms with Gasteiger partial charge in [-0.2, -0.15) is 0 Å². The Balaban J connectivity index is 2.01. The topological polar surface area (TPSA) is 104 Å². The molecule has 0 atom stereocenters. The summed E-state index contributed by atoms with van der Waals surface area (Å²) in [6.45, 7) is -0.177. The van der Waals surface area contributed by atoms with Gasteiger partial charge in [0.15, 0.2) is 15.3 Å². The first-order valence-corrected chi connectivity index (χ1v) is 13.2. The van der Waals surface area contributed by atoms with Crippen LogP contribution in [0.4, 0.5) is 4.39 Å². The Labute approximate surface area is 247 Å². The normalized spacial score (nSPS) is 11.3. The minimum absolute atomic E-state index is 0.0153. The Bertz CT molecular complexity index is 1810. The molecule has 0 spiro atoms. The van der Waals surface area contributed by atoms with Crippen LogP contribution in [-0.4, -0.2) is 28.5 Å². The zero-order chi connectivity index (χ0) is 29.6. The second-order valence-corrected chi connectivity index (χ2v) is 10.6.